The van der Waals surface area contributed by atoms with E-state index < -0.39 is 0 Å². The molecular weight excluding hydrogens is 292 g/mol. The van der Waals surface area contributed by atoms with Gasteiger partial charge in [0.25, 0.3) is 11.8 Å². The quantitative estimate of drug-likeness (QED) is 0.903. The second kappa shape index (κ2) is 6.31. The molecule has 21 heavy (non-hydrogen) atoms. The van der Waals surface area contributed by atoms with Gasteiger partial charge in [0.05, 0.1) is 6.10 Å². The van der Waals surface area contributed by atoms with Gasteiger partial charge >= 0.3 is 0 Å². The first-order valence-electron chi connectivity index (χ1n) is 6.94. The number of amides is 1. The van der Waals surface area contributed by atoms with Crippen LogP contribution in [0.2, 0.25) is 0 Å². The molecule has 8 heteroatoms. The predicted molar refractivity (Wildman–Crippen MR) is 76.1 cm³/mol. The van der Waals surface area contributed by atoms with Crippen molar-refractivity contribution in [2.45, 2.75) is 32.3 Å². The Morgan fingerprint density at radius 2 is 2.43 bits per heavy atom. The summed E-state index contributed by atoms with van der Waals surface area (Å²) in [5.74, 6) is 0.778. The van der Waals surface area contributed by atoms with Crippen molar-refractivity contribution in [2.75, 3.05) is 13.2 Å². The van der Waals surface area contributed by atoms with Crippen LogP contribution >= 0.6 is 11.3 Å². The van der Waals surface area contributed by atoms with Gasteiger partial charge in [-0.1, -0.05) is 12.1 Å². The van der Waals surface area contributed by atoms with Gasteiger partial charge < -0.3 is 14.6 Å². The number of hydrogen-bond donors (Lipinski definition) is 1. The molecule has 0 bridgehead atoms. The smallest absolute Gasteiger partial charge is 0.280 e. The van der Waals surface area contributed by atoms with Crippen LogP contribution in [0.5, 0.6) is 0 Å². The maximum atomic E-state index is 12.0. The van der Waals surface area contributed by atoms with E-state index in [-0.39, 0.29) is 12.0 Å². The lowest BCUT2D eigenvalue weighted by atomic mass is 10.2. The number of aromatic nitrogens is 3. The van der Waals surface area contributed by atoms with Gasteiger partial charge in [-0.05, 0) is 12.8 Å². The summed E-state index contributed by atoms with van der Waals surface area (Å²) in [7, 11) is 0. The fourth-order valence-electron chi connectivity index (χ4n) is 2.07. The van der Waals surface area contributed by atoms with Crippen LogP contribution in [0.3, 0.4) is 0 Å². The molecular formula is C13H16N4O3S. The highest BCUT2D eigenvalue weighted by atomic mass is 32.1. The normalized spacial score (nSPS) is 18.0. The Hall–Kier alpha value is -1.80. The third-order valence-electron chi connectivity index (χ3n) is 3.22. The standard InChI is InChI=1S/C13H16N4O3S/c1-2-10-16-12(20-17-10)9-7-21-13(15-9)11(18)14-6-8-4-3-5-19-8/h7-8H,2-6H2,1H3,(H,14,18). The summed E-state index contributed by atoms with van der Waals surface area (Å²) in [5.41, 5.74) is 0.537. The summed E-state index contributed by atoms with van der Waals surface area (Å²) in [4.78, 5) is 20.5. The Bertz CT molecular complexity index is 618. The molecule has 7 nitrogen and oxygen atoms in total. The summed E-state index contributed by atoms with van der Waals surface area (Å²) in [6.07, 6.45) is 2.86. The number of nitrogens with one attached hydrogen (secondary N) is 1. The summed E-state index contributed by atoms with van der Waals surface area (Å²) in [5, 5.41) is 8.79. The molecule has 112 valence electrons. The number of ether oxygens (including phenoxy) is 1. The van der Waals surface area contributed by atoms with Crippen molar-refractivity contribution in [1.29, 1.82) is 0 Å². The van der Waals surface area contributed by atoms with Crippen LogP contribution in [0.1, 0.15) is 35.4 Å². The monoisotopic (exact) mass is 308 g/mol. The highest BCUT2D eigenvalue weighted by Crippen LogP contribution is 2.20. The van der Waals surface area contributed by atoms with Crippen LogP contribution in [0.25, 0.3) is 11.6 Å². The van der Waals surface area contributed by atoms with Crippen LogP contribution in [0.15, 0.2) is 9.90 Å². The first-order chi connectivity index (χ1) is 10.3. The van der Waals surface area contributed by atoms with Crippen LogP contribution in [-0.4, -0.2) is 40.3 Å². The van der Waals surface area contributed by atoms with E-state index in [1.807, 2.05) is 6.92 Å². The summed E-state index contributed by atoms with van der Waals surface area (Å²) >= 11 is 1.26. The summed E-state index contributed by atoms with van der Waals surface area (Å²) in [6, 6.07) is 0. The Morgan fingerprint density at radius 3 is 3.14 bits per heavy atom. The van der Waals surface area contributed by atoms with E-state index in [4.69, 9.17) is 9.26 Å². The predicted octanol–water partition coefficient (Wildman–Crippen LogP) is 1.66. The van der Waals surface area contributed by atoms with E-state index in [9.17, 15) is 4.79 Å². The zero-order chi connectivity index (χ0) is 14.7. The van der Waals surface area contributed by atoms with Crippen molar-refractivity contribution in [3.05, 3.63) is 16.2 Å². The molecule has 1 fully saturated rings. The Morgan fingerprint density at radius 1 is 1.52 bits per heavy atom. The molecule has 1 N–H and O–H groups in total. The molecule has 3 heterocycles. The van der Waals surface area contributed by atoms with Gasteiger partial charge in [-0.15, -0.1) is 11.3 Å². The fraction of sp³-hybridized carbons (Fsp3) is 0.538. The van der Waals surface area contributed by atoms with Crippen molar-refractivity contribution in [2.24, 2.45) is 0 Å². The number of aryl methyl sites for hydroxylation is 1. The zero-order valence-electron chi connectivity index (χ0n) is 11.7. The average Bonchev–Trinajstić information content (AvgIpc) is 3.24. The van der Waals surface area contributed by atoms with Crippen molar-refractivity contribution in [3.63, 3.8) is 0 Å². The lowest BCUT2D eigenvalue weighted by Crippen LogP contribution is -2.31. The molecule has 0 spiro atoms. The first kappa shape index (κ1) is 14.2. The number of nitrogens with zero attached hydrogens (tertiary/aromatic N) is 3. The van der Waals surface area contributed by atoms with E-state index in [0.717, 1.165) is 19.4 Å². The van der Waals surface area contributed by atoms with E-state index in [1.165, 1.54) is 11.3 Å². The minimum atomic E-state index is -0.197. The number of carbonyl (C=O) groups is 1. The van der Waals surface area contributed by atoms with Gasteiger partial charge in [-0.3, -0.25) is 4.79 Å². The van der Waals surface area contributed by atoms with Gasteiger partial charge in [0.2, 0.25) is 0 Å². The van der Waals surface area contributed by atoms with Gasteiger partial charge in [0.1, 0.15) is 5.69 Å². The molecule has 1 saturated heterocycles. The van der Waals surface area contributed by atoms with Crippen molar-refractivity contribution >= 4 is 17.2 Å². The second-order valence-corrected chi connectivity index (χ2v) is 5.61. The van der Waals surface area contributed by atoms with Gasteiger partial charge in [-0.25, -0.2) is 4.98 Å². The largest absolute Gasteiger partial charge is 0.376 e. The SMILES string of the molecule is CCc1noc(-c2csc(C(=O)NCC3CCCO3)n2)n1. The number of hydrogen-bond acceptors (Lipinski definition) is 7. The third-order valence-corrected chi connectivity index (χ3v) is 4.06. The molecule has 3 rings (SSSR count). The van der Waals surface area contributed by atoms with Crippen molar-refractivity contribution in [1.82, 2.24) is 20.4 Å². The Balaban J connectivity index is 1.62. The van der Waals surface area contributed by atoms with E-state index in [1.54, 1.807) is 5.38 Å². The molecule has 2 aromatic heterocycles. The molecule has 1 atom stereocenters. The molecule has 1 amide bonds. The first-order valence-corrected chi connectivity index (χ1v) is 7.82. The Labute approximate surface area is 125 Å². The minimum absolute atomic E-state index is 0.122. The highest BCUT2D eigenvalue weighted by Gasteiger charge is 2.19. The molecule has 2 aromatic rings. The summed E-state index contributed by atoms with van der Waals surface area (Å²) < 4.78 is 10.6. The molecule has 1 aliphatic heterocycles. The Kier molecular flexibility index (Phi) is 4.26. The molecule has 0 radical (unpaired) electrons. The summed E-state index contributed by atoms with van der Waals surface area (Å²) in [6.45, 7) is 3.24. The van der Waals surface area contributed by atoms with E-state index in [2.05, 4.69) is 20.4 Å². The van der Waals surface area contributed by atoms with E-state index >= 15 is 0 Å². The third kappa shape index (κ3) is 3.27. The molecule has 1 aliphatic rings. The molecule has 1 unspecified atom stereocenters. The second-order valence-electron chi connectivity index (χ2n) is 4.75. The molecule has 0 aromatic carbocycles. The average molecular weight is 308 g/mol. The lowest BCUT2D eigenvalue weighted by molar-refractivity contribution is 0.0857. The maximum Gasteiger partial charge on any atom is 0.280 e. The van der Waals surface area contributed by atoms with Crippen molar-refractivity contribution < 1.29 is 14.1 Å². The topological polar surface area (TPSA) is 90.1 Å². The number of carbonyl (C=O) groups excluding carboxylic acids is 1. The zero-order valence-corrected chi connectivity index (χ0v) is 12.5. The van der Waals surface area contributed by atoms with Gasteiger partial charge in [-0.2, -0.15) is 4.98 Å². The van der Waals surface area contributed by atoms with Crippen LogP contribution in [-0.2, 0) is 11.2 Å². The molecule has 0 saturated carbocycles. The maximum absolute atomic E-state index is 12.0. The van der Waals surface area contributed by atoms with Crippen LogP contribution < -0.4 is 5.32 Å². The van der Waals surface area contributed by atoms with Crippen LogP contribution in [0, 0.1) is 0 Å². The highest BCUT2D eigenvalue weighted by molar-refractivity contribution is 7.12. The van der Waals surface area contributed by atoms with Crippen molar-refractivity contribution in [3.8, 4) is 11.6 Å². The number of rotatable bonds is 5. The number of thiazole rings is 1. The fourth-order valence-corrected chi connectivity index (χ4v) is 2.77. The van der Waals surface area contributed by atoms with Gasteiger partial charge in [0.15, 0.2) is 10.8 Å². The van der Waals surface area contributed by atoms with Gasteiger partial charge in [0, 0.05) is 25.0 Å². The van der Waals surface area contributed by atoms with E-state index in [0.29, 0.717) is 35.4 Å². The minimum Gasteiger partial charge on any atom is -0.376 e. The lowest BCUT2D eigenvalue weighted by Gasteiger charge is -2.09. The molecule has 0 aliphatic carbocycles. The van der Waals surface area contributed by atoms with Crippen LogP contribution in [0.4, 0.5) is 0 Å².